The van der Waals surface area contributed by atoms with Crippen LogP contribution in [0.4, 0.5) is 11.4 Å². The number of thioether (sulfide) groups is 3. The molecular weight excluding hydrogens is 519 g/mol. The summed E-state index contributed by atoms with van der Waals surface area (Å²) in [7, 11) is 0. The summed E-state index contributed by atoms with van der Waals surface area (Å²) in [4.78, 5) is 17.3. The van der Waals surface area contributed by atoms with Gasteiger partial charge in [0.25, 0.3) is 4.38 Å². The van der Waals surface area contributed by atoms with E-state index < -0.39 is 0 Å². The van der Waals surface area contributed by atoms with E-state index in [1.807, 2.05) is 42.7 Å². The monoisotopic (exact) mass is 538 g/mol. The summed E-state index contributed by atoms with van der Waals surface area (Å²) in [6.07, 6.45) is 6.04. The van der Waals surface area contributed by atoms with Gasteiger partial charge in [0.2, 0.25) is 5.69 Å². The van der Waals surface area contributed by atoms with Gasteiger partial charge in [-0.05, 0) is 49.2 Å². The van der Waals surface area contributed by atoms with Crippen molar-refractivity contribution in [3.8, 4) is 0 Å². The summed E-state index contributed by atoms with van der Waals surface area (Å²) in [5, 5.41) is 1.16. The van der Waals surface area contributed by atoms with E-state index in [0.29, 0.717) is 0 Å². The molecule has 0 aromatic heterocycles. The molecule has 0 spiro atoms. The van der Waals surface area contributed by atoms with Crippen molar-refractivity contribution in [3.05, 3.63) is 76.7 Å². The van der Waals surface area contributed by atoms with Crippen molar-refractivity contribution >= 4 is 56.9 Å². The Morgan fingerprint density at radius 1 is 1.04 bits per heavy atom. The number of fused-ring (bicyclic) bond motifs is 1. The maximum absolute atomic E-state index is 13.0. The third-order valence-corrected chi connectivity index (χ3v) is 7.61. The molecule has 2 aliphatic rings. The standard InChI is InChI=1S/C21H19N2OS3.HI/c1-3-22-16-11-7-8-12-17(16)26-19(22)14-13-18-20(24)23(21(25-2)27-18)15-9-5-4-6-10-15;/h4-14H,3H2,1-2H3;1H/q+1;/p-1/b18-13-,19-14-;. The van der Waals surface area contributed by atoms with Crippen LogP contribution >= 0.6 is 35.3 Å². The van der Waals surface area contributed by atoms with Crippen LogP contribution in [0.1, 0.15) is 6.92 Å². The maximum Gasteiger partial charge on any atom is 0.433 e. The topological polar surface area (TPSA) is 23.3 Å². The average molecular weight is 539 g/mol. The summed E-state index contributed by atoms with van der Waals surface area (Å²) in [6.45, 7) is 3.05. The first-order valence-electron chi connectivity index (χ1n) is 8.67. The zero-order chi connectivity index (χ0) is 18.8. The molecule has 0 bridgehead atoms. The van der Waals surface area contributed by atoms with Crippen molar-refractivity contribution in [2.45, 2.75) is 11.8 Å². The minimum atomic E-state index is 0. The van der Waals surface area contributed by atoms with E-state index in [0.717, 1.165) is 26.5 Å². The van der Waals surface area contributed by atoms with Gasteiger partial charge < -0.3 is 28.9 Å². The number of anilines is 1. The molecule has 7 heteroatoms. The van der Waals surface area contributed by atoms with Crippen molar-refractivity contribution in [2.75, 3.05) is 17.7 Å². The van der Waals surface area contributed by atoms with Crippen LogP contribution in [0.3, 0.4) is 0 Å². The second-order valence-corrected chi connectivity index (χ2v) is 9.04. The van der Waals surface area contributed by atoms with E-state index in [1.165, 1.54) is 10.6 Å². The van der Waals surface area contributed by atoms with Gasteiger partial charge in [0.15, 0.2) is 0 Å². The number of carbonyl (C=O) groups is 1. The molecule has 0 atom stereocenters. The number of hydrogen-bond donors (Lipinski definition) is 0. The van der Waals surface area contributed by atoms with Crippen molar-refractivity contribution in [1.82, 2.24) is 0 Å². The number of halogens is 1. The highest BCUT2D eigenvalue weighted by atomic mass is 127. The molecule has 0 aliphatic carbocycles. The number of allylic oxidation sites excluding steroid dienone is 2. The highest BCUT2D eigenvalue weighted by Crippen LogP contribution is 2.45. The predicted octanol–water partition coefficient (Wildman–Crippen LogP) is 2.68. The average Bonchev–Trinajstić information content (AvgIpc) is 3.23. The molecule has 0 fully saturated rings. The Kier molecular flexibility index (Phi) is 7.36. The zero-order valence-electron chi connectivity index (χ0n) is 15.5. The molecule has 0 unspecified atom stereocenters. The first-order chi connectivity index (χ1) is 13.2. The van der Waals surface area contributed by atoms with Gasteiger partial charge in [-0.3, -0.25) is 0 Å². The van der Waals surface area contributed by atoms with E-state index in [1.54, 1.807) is 39.9 Å². The van der Waals surface area contributed by atoms with E-state index in [-0.39, 0.29) is 29.9 Å². The zero-order valence-corrected chi connectivity index (χ0v) is 20.1. The van der Waals surface area contributed by atoms with E-state index in [9.17, 15) is 4.79 Å². The largest absolute Gasteiger partial charge is 1.00 e. The molecular formula is C21H19IN2OS3. The number of amides is 1. The molecule has 2 heterocycles. The van der Waals surface area contributed by atoms with Gasteiger partial charge in [0.05, 0.1) is 10.7 Å². The minimum absolute atomic E-state index is 0. The highest BCUT2D eigenvalue weighted by Gasteiger charge is 2.39. The molecule has 4 rings (SSSR count). The van der Waals surface area contributed by atoms with Crippen LogP contribution in [0.25, 0.3) is 0 Å². The third-order valence-electron chi connectivity index (χ3n) is 4.31. The maximum atomic E-state index is 13.0. The fourth-order valence-electron chi connectivity index (χ4n) is 3.06. The third kappa shape index (κ3) is 4.08. The fourth-order valence-corrected chi connectivity index (χ4v) is 5.95. The molecule has 2 aromatic rings. The number of nitrogens with zero attached hydrogens (tertiary/aromatic N) is 2. The lowest BCUT2D eigenvalue weighted by Gasteiger charge is -2.17. The Morgan fingerprint density at radius 3 is 2.46 bits per heavy atom. The number of benzene rings is 2. The van der Waals surface area contributed by atoms with Crippen LogP contribution in [0.5, 0.6) is 0 Å². The van der Waals surface area contributed by atoms with E-state index >= 15 is 0 Å². The lowest BCUT2D eigenvalue weighted by atomic mass is 10.3. The van der Waals surface area contributed by atoms with E-state index in [2.05, 4.69) is 42.2 Å². The first-order valence-corrected chi connectivity index (χ1v) is 11.5. The molecule has 3 nitrogen and oxygen atoms in total. The number of carbonyl (C=O) groups excluding carboxylic acids is 1. The van der Waals surface area contributed by atoms with Crippen LogP contribution in [0, 0.1) is 0 Å². The Labute approximate surface area is 195 Å². The minimum Gasteiger partial charge on any atom is -1.00 e. The van der Waals surface area contributed by atoms with Gasteiger partial charge in [-0.15, -0.1) is 4.58 Å². The van der Waals surface area contributed by atoms with Crippen molar-refractivity contribution in [2.24, 2.45) is 0 Å². The Hall–Kier alpha value is -1.16. The highest BCUT2D eigenvalue weighted by molar-refractivity contribution is 8.40. The lowest BCUT2D eigenvalue weighted by molar-refractivity contribution is -0.354. The first kappa shape index (κ1) is 21.5. The summed E-state index contributed by atoms with van der Waals surface area (Å²) in [5.41, 5.74) is 2.15. The smallest absolute Gasteiger partial charge is 0.433 e. The molecule has 144 valence electrons. The summed E-state index contributed by atoms with van der Waals surface area (Å²) in [5.74, 6) is 0.0379. The summed E-state index contributed by atoms with van der Waals surface area (Å²) >= 11 is 4.90. The van der Waals surface area contributed by atoms with Gasteiger partial charge in [-0.2, -0.15) is 0 Å². The molecule has 0 saturated heterocycles. The van der Waals surface area contributed by atoms with Crippen LogP contribution in [-0.4, -0.2) is 27.7 Å². The van der Waals surface area contributed by atoms with Crippen LogP contribution in [0.15, 0.2) is 81.6 Å². The van der Waals surface area contributed by atoms with Gasteiger partial charge in [-0.25, -0.2) is 4.79 Å². The van der Waals surface area contributed by atoms with Gasteiger partial charge in [0, 0.05) is 23.6 Å². The number of para-hydroxylation sites is 2. The molecule has 28 heavy (non-hydrogen) atoms. The normalized spacial score (nSPS) is 18.8. The molecule has 2 aromatic carbocycles. The van der Waals surface area contributed by atoms with Crippen molar-refractivity contribution < 1.29 is 33.3 Å². The van der Waals surface area contributed by atoms with Crippen molar-refractivity contribution in [3.63, 3.8) is 0 Å². The van der Waals surface area contributed by atoms with Gasteiger partial charge >= 0.3 is 5.91 Å². The Bertz CT molecular complexity index is 986. The lowest BCUT2D eigenvalue weighted by Crippen LogP contribution is -3.00. The Balaban J connectivity index is 0.00000225. The van der Waals surface area contributed by atoms with Crippen LogP contribution in [0.2, 0.25) is 0 Å². The fraction of sp³-hybridized carbons (Fsp3) is 0.143. The quantitative estimate of drug-likeness (QED) is 0.340. The molecule has 0 radical (unpaired) electrons. The van der Waals surface area contributed by atoms with Crippen LogP contribution < -0.4 is 28.9 Å². The summed E-state index contributed by atoms with van der Waals surface area (Å²) in [6, 6.07) is 18.2. The number of hydrogen-bond acceptors (Lipinski definition) is 5. The molecule has 1 amide bonds. The van der Waals surface area contributed by atoms with E-state index in [4.69, 9.17) is 0 Å². The second-order valence-electron chi connectivity index (χ2n) is 5.90. The second kappa shape index (κ2) is 9.56. The Morgan fingerprint density at radius 2 is 1.75 bits per heavy atom. The summed E-state index contributed by atoms with van der Waals surface area (Å²) < 4.78 is 2.79. The van der Waals surface area contributed by atoms with Crippen molar-refractivity contribution in [1.29, 1.82) is 0 Å². The molecule has 0 N–H and O–H groups in total. The predicted molar refractivity (Wildman–Crippen MR) is 119 cm³/mol. The SMILES string of the molecule is CCN1/C(=C/C=C2\SC(SC)=[N+](c3ccccc3)C2=O)Sc2ccccc21.[I-]. The molecule has 2 aliphatic heterocycles. The van der Waals surface area contributed by atoms with Crippen LogP contribution in [-0.2, 0) is 4.79 Å². The van der Waals surface area contributed by atoms with Gasteiger partial charge in [-0.1, -0.05) is 53.9 Å². The number of rotatable bonds is 3. The molecule has 0 saturated carbocycles. The van der Waals surface area contributed by atoms with Gasteiger partial charge in [0.1, 0.15) is 4.91 Å².